The van der Waals surface area contributed by atoms with Gasteiger partial charge in [0.1, 0.15) is 5.65 Å². The highest BCUT2D eigenvalue weighted by atomic mass is 15.0. The smallest absolute Gasteiger partial charge is 0.137 e. The van der Waals surface area contributed by atoms with Gasteiger partial charge in [-0.25, -0.2) is 4.98 Å². The molecular weight excluding hydrogens is 174 g/mol. The SMILES string of the molecule is c1ccn(-c2cnc3[nH]ccc3c2)c1. The van der Waals surface area contributed by atoms with Crippen LogP contribution in [-0.4, -0.2) is 14.5 Å². The first-order chi connectivity index (χ1) is 6.93. The van der Waals surface area contributed by atoms with Crippen molar-refractivity contribution in [1.82, 2.24) is 14.5 Å². The summed E-state index contributed by atoms with van der Waals surface area (Å²) < 4.78 is 2.04. The predicted octanol–water partition coefficient (Wildman–Crippen LogP) is 2.35. The van der Waals surface area contributed by atoms with E-state index in [2.05, 4.69) is 16.0 Å². The van der Waals surface area contributed by atoms with E-state index in [1.165, 1.54) is 0 Å². The molecule has 0 atom stereocenters. The number of hydrogen-bond acceptors (Lipinski definition) is 1. The van der Waals surface area contributed by atoms with Crippen LogP contribution >= 0.6 is 0 Å². The van der Waals surface area contributed by atoms with Crippen molar-refractivity contribution >= 4 is 11.0 Å². The molecule has 0 spiro atoms. The fraction of sp³-hybridized carbons (Fsp3) is 0. The van der Waals surface area contributed by atoms with Gasteiger partial charge >= 0.3 is 0 Å². The number of nitrogens with one attached hydrogen (secondary N) is 1. The highest BCUT2D eigenvalue weighted by molar-refractivity contribution is 5.77. The first-order valence-corrected chi connectivity index (χ1v) is 4.50. The lowest BCUT2D eigenvalue weighted by atomic mass is 10.3. The molecule has 0 bridgehead atoms. The maximum atomic E-state index is 4.32. The molecule has 0 radical (unpaired) electrons. The van der Waals surface area contributed by atoms with Crippen LogP contribution in [0.25, 0.3) is 16.7 Å². The lowest BCUT2D eigenvalue weighted by molar-refractivity contribution is 1.07. The molecule has 0 amide bonds. The van der Waals surface area contributed by atoms with Crippen LogP contribution in [0.4, 0.5) is 0 Å². The molecule has 3 aromatic rings. The molecule has 0 saturated carbocycles. The number of nitrogens with zero attached hydrogens (tertiary/aromatic N) is 2. The molecule has 3 rings (SSSR count). The average molecular weight is 183 g/mol. The Morgan fingerprint density at radius 1 is 1.21 bits per heavy atom. The molecule has 0 fully saturated rings. The third kappa shape index (κ3) is 1.03. The van der Waals surface area contributed by atoms with Crippen LogP contribution in [-0.2, 0) is 0 Å². The second-order valence-electron chi connectivity index (χ2n) is 3.20. The topological polar surface area (TPSA) is 33.6 Å². The van der Waals surface area contributed by atoms with Gasteiger partial charge in [0.05, 0.1) is 11.9 Å². The molecule has 3 heterocycles. The number of hydrogen-bond donors (Lipinski definition) is 1. The lowest BCUT2D eigenvalue weighted by Crippen LogP contribution is -1.90. The van der Waals surface area contributed by atoms with Gasteiger partial charge in [-0.15, -0.1) is 0 Å². The molecule has 68 valence electrons. The van der Waals surface area contributed by atoms with Crippen LogP contribution in [0.3, 0.4) is 0 Å². The second kappa shape index (κ2) is 2.73. The van der Waals surface area contributed by atoms with Crippen LogP contribution in [0.2, 0.25) is 0 Å². The zero-order chi connectivity index (χ0) is 9.38. The Labute approximate surface area is 81.0 Å². The van der Waals surface area contributed by atoms with Crippen LogP contribution in [0.1, 0.15) is 0 Å². The summed E-state index contributed by atoms with van der Waals surface area (Å²) in [7, 11) is 0. The van der Waals surface area contributed by atoms with Crippen molar-refractivity contribution in [2.24, 2.45) is 0 Å². The van der Waals surface area contributed by atoms with Crippen LogP contribution < -0.4 is 0 Å². The van der Waals surface area contributed by atoms with Gasteiger partial charge in [0, 0.05) is 24.0 Å². The number of H-pyrrole nitrogens is 1. The number of aromatic amines is 1. The van der Waals surface area contributed by atoms with Crippen molar-refractivity contribution in [3.63, 3.8) is 0 Å². The number of rotatable bonds is 1. The zero-order valence-corrected chi connectivity index (χ0v) is 7.51. The zero-order valence-electron chi connectivity index (χ0n) is 7.51. The first kappa shape index (κ1) is 7.38. The van der Waals surface area contributed by atoms with Crippen molar-refractivity contribution in [2.45, 2.75) is 0 Å². The summed E-state index contributed by atoms with van der Waals surface area (Å²) in [6.07, 6.45) is 7.78. The van der Waals surface area contributed by atoms with Crippen molar-refractivity contribution in [2.75, 3.05) is 0 Å². The fourth-order valence-corrected chi connectivity index (χ4v) is 1.58. The standard InChI is InChI=1S/C11H9N3/c1-2-6-14(5-1)10-7-9-3-4-12-11(9)13-8-10/h1-8H,(H,12,13). The molecule has 0 aliphatic heterocycles. The molecule has 3 nitrogen and oxygen atoms in total. The number of pyridine rings is 1. The van der Waals surface area contributed by atoms with E-state index in [4.69, 9.17) is 0 Å². The van der Waals surface area contributed by atoms with Gasteiger partial charge in [-0.3, -0.25) is 0 Å². The van der Waals surface area contributed by atoms with Crippen molar-refractivity contribution in [3.8, 4) is 5.69 Å². The van der Waals surface area contributed by atoms with Gasteiger partial charge < -0.3 is 9.55 Å². The minimum atomic E-state index is 0.931. The molecule has 3 aromatic heterocycles. The van der Waals surface area contributed by atoms with Crippen molar-refractivity contribution < 1.29 is 0 Å². The fourth-order valence-electron chi connectivity index (χ4n) is 1.58. The molecule has 0 aromatic carbocycles. The molecule has 14 heavy (non-hydrogen) atoms. The van der Waals surface area contributed by atoms with E-state index in [9.17, 15) is 0 Å². The van der Waals surface area contributed by atoms with Crippen LogP contribution in [0.15, 0.2) is 49.1 Å². The second-order valence-corrected chi connectivity index (χ2v) is 3.20. The van der Waals surface area contributed by atoms with Gasteiger partial charge in [-0.1, -0.05) is 0 Å². The Balaban J connectivity index is 2.23. The van der Waals surface area contributed by atoms with E-state index < -0.39 is 0 Å². The highest BCUT2D eigenvalue weighted by Gasteiger charge is 1.98. The summed E-state index contributed by atoms with van der Waals surface area (Å²) in [5.41, 5.74) is 2.02. The van der Waals surface area contributed by atoms with Crippen LogP contribution in [0.5, 0.6) is 0 Å². The largest absolute Gasteiger partial charge is 0.346 e. The molecule has 0 saturated heterocycles. The summed E-state index contributed by atoms with van der Waals surface area (Å²) in [4.78, 5) is 7.39. The molecular formula is C11H9N3. The van der Waals surface area contributed by atoms with E-state index in [1.807, 2.05) is 47.6 Å². The maximum Gasteiger partial charge on any atom is 0.137 e. The number of fused-ring (bicyclic) bond motifs is 1. The summed E-state index contributed by atoms with van der Waals surface area (Å²) in [6, 6.07) is 8.14. The third-order valence-electron chi connectivity index (χ3n) is 2.29. The molecule has 0 aliphatic carbocycles. The first-order valence-electron chi connectivity index (χ1n) is 4.50. The van der Waals surface area contributed by atoms with Gasteiger partial charge in [0.25, 0.3) is 0 Å². The Kier molecular flexibility index (Phi) is 1.44. The molecule has 3 heteroatoms. The number of aromatic nitrogens is 3. The van der Waals surface area contributed by atoms with Crippen LogP contribution in [0, 0.1) is 0 Å². The Hall–Kier alpha value is -2.03. The average Bonchev–Trinajstić information content (AvgIpc) is 2.88. The minimum absolute atomic E-state index is 0.931. The van der Waals surface area contributed by atoms with E-state index in [0.29, 0.717) is 0 Å². The molecule has 1 N–H and O–H groups in total. The van der Waals surface area contributed by atoms with Gasteiger partial charge in [-0.2, -0.15) is 0 Å². The van der Waals surface area contributed by atoms with Gasteiger partial charge in [0.2, 0.25) is 0 Å². The molecule has 0 aliphatic rings. The van der Waals surface area contributed by atoms with E-state index in [-0.39, 0.29) is 0 Å². The summed E-state index contributed by atoms with van der Waals surface area (Å²) in [5.74, 6) is 0. The Morgan fingerprint density at radius 3 is 2.93 bits per heavy atom. The highest BCUT2D eigenvalue weighted by Crippen LogP contribution is 2.14. The summed E-state index contributed by atoms with van der Waals surface area (Å²) >= 11 is 0. The minimum Gasteiger partial charge on any atom is -0.346 e. The summed E-state index contributed by atoms with van der Waals surface area (Å²) in [6.45, 7) is 0. The van der Waals surface area contributed by atoms with Gasteiger partial charge in [0.15, 0.2) is 0 Å². The summed E-state index contributed by atoms with van der Waals surface area (Å²) in [5, 5.41) is 1.14. The van der Waals surface area contributed by atoms with Crippen molar-refractivity contribution in [1.29, 1.82) is 0 Å². The van der Waals surface area contributed by atoms with Gasteiger partial charge in [-0.05, 0) is 24.3 Å². The quantitative estimate of drug-likeness (QED) is 0.617. The monoisotopic (exact) mass is 183 g/mol. The predicted molar refractivity (Wildman–Crippen MR) is 55.4 cm³/mol. The van der Waals surface area contributed by atoms with E-state index in [0.717, 1.165) is 16.7 Å². The lowest BCUT2D eigenvalue weighted by Gasteiger charge is -2.01. The Morgan fingerprint density at radius 2 is 2.07 bits per heavy atom. The normalized spacial score (nSPS) is 10.9. The molecule has 0 unspecified atom stereocenters. The third-order valence-corrected chi connectivity index (χ3v) is 2.29. The van der Waals surface area contributed by atoms with Crippen molar-refractivity contribution in [3.05, 3.63) is 49.1 Å². The Bertz CT molecular complexity index is 549. The van der Waals surface area contributed by atoms with E-state index >= 15 is 0 Å². The maximum absolute atomic E-state index is 4.32. The van der Waals surface area contributed by atoms with E-state index in [1.54, 1.807) is 0 Å².